The second-order valence-electron chi connectivity index (χ2n) is 7.26. The maximum absolute atomic E-state index is 12.8. The van der Waals surface area contributed by atoms with Crippen LogP contribution in [0.25, 0.3) is 0 Å². The zero-order chi connectivity index (χ0) is 22.2. The highest BCUT2D eigenvalue weighted by Crippen LogP contribution is 2.24. The molecule has 0 saturated carbocycles. The van der Waals surface area contributed by atoms with E-state index in [2.05, 4.69) is 53.1 Å². The number of thioether (sulfide) groups is 1. The smallest absolute Gasteiger partial charge is 0.233 e. The first-order valence-corrected chi connectivity index (χ1v) is 11.6. The summed E-state index contributed by atoms with van der Waals surface area (Å²) in [6, 6.07) is 10.1. The lowest BCUT2D eigenvalue weighted by Gasteiger charge is -2.36. The molecule has 1 saturated heterocycles. The third-order valence-corrected chi connectivity index (χ3v) is 6.12. The van der Waals surface area contributed by atoms with Crippen LogP contribution in [-0.2, 0) is 4.79 Å². The first-order chi connectivity index (χ1) is 15.0. The molecule has 0 atom stereocenters. The van der Waals surface area contributed by atoms with Crippen molar-refractivity contribution in [3.05, 3.63) is 66.4 Å². The third-order valence-electron chi connectivity index (χ3n) is 5.10. The van der Waals surface area contributed by atoms with Crippen LogP contribution < -0.4 is 9.80 Å². The average molecular weight is 458 g/mol. The number of hydrogen-bond donors (Lipinski definition) is 0. The number of para-hydroxylation sites is 1. The van der Waals surface area contributed by atoms with Gasteiger partial charge in [0, 0.05) is 51.0 Å². The van der Waals surface area contributed by atoms with Crippen molar-refractivity contribution in [2.24, 2.45) is 0 Å². The summed E-state index contributed by atoms with van der Waals surface area (Å²) in [7, 11) is 0. The summed E-state index contributed by atoms with van der Waals surface area (Å²) in [6.45, 7) is 14.0. The van der Waals surface area contributed by atoms with E-state index in [9.17, 15) is 4.79 Å². The molecule has 31 heavy (non-hydrogen) atoms. The van der Waals surface area contributed by atoms with Gasteiger partial charge < -0.3 is 14.7 Å². The van der Waals surface area contributed by atoms with E-state index in [0.29, 0.717) is 42.3 Å². The number of nitrogens with zero attached hydrogens (tertiary/aromatic N) is 5. The lowest BCUT2D eigenvalue weighted by Crippen LogP contribution is -2.49. The molecule has 0 spiro atoms. The van der Waals surface area contributed by atoms with Gasteiger partial charge in [-0.25, -0.2) is 9.97 Å². The molecule has 8 heteroatoms. The number of anilines is 2. The average Bonchev–Trinajstić information content (AvgIpc) is 2.77. The number of aryl methyl sites for hydroxylation is 1. The first-order valence-electron chi connectivity index (χ1n) is 10.2. The van der Waals surface area contributed by atoms with Crippen LogP contribution in [0.1, 0.15) is 5.56 Å². The maximum atomic E-state index is 12.8. The summed E-state index contributed by atoms with van der Waals surface area (Å²) in [6.07, 6.45) is 3.60. The Morgan fingerprint density at radius 2 is 1.84 bits per heavy atom. The normalized spacial score (nSPS) is 13.7. The summed E-state index contributed by atoms with van der Waals surface area (Å²) in [5.41, 5.74) is 2.50. The molecule has 0 bridgehead atoms. The number of amides is 1. The van der Waals surface area contributed by atoms with Crippen molar-refractivity contribution in [3.8, 4) is 0 Å². The minimum atomic E-state index is 0.0913. The molecule has 1 aromatic heterocycles. The van der Waals surface area contributed by atoms with Crippen LogP contribution in [0, 0.1) is 6.92 Å². The van der Waals surface area contributed by atoms with Crippen molar-refractivity contribution in [1.82, 2.24) is 14.9 Å². The highest BCUT2D eigenvalue weighted by atomic mass is 35.5. The summed E-state index contributed by atoms with van der Waals surface area (Å²) in [5, 5.41) is 0.845. The van der Waals surface area contributed by atoms with Crippen molar-refractivity contribution in [2.45, 2.75) is 12.1 Å². The number of benzene rings is 1. The van der Waals surface area contributed by atoms with Gasteiger partial charge in [-0.05, 0) is 18.6 Å². The summed E-state index contributed by atoms with van der Waals surface area (Å²) in [5.74, 6) is 1.07. The van der Waals surface area contributed by atoms with Crippen LogP contribution in [-0.4, -0.2) is 65.8 Å². The molecular weight excluding hydrogens is 430 g/mol. The quantitative estimate of drug-likeness (QED) is 0.245. The number of carbonyl (C=O) groups is 1. The van der Waals surface area contributed by atoms with E-state index in [1.165, 1.54) is 23.0 Å². The van der Waals surface area contributed by atoms with Crippen LogP contribution >= 0.6 is 23.4 Å². The second kappa shape index (κ2) is 11.2. The molecule has 0 unspecified atom stereocenters. The minimum absolute atomic E-state index is 0.0913. The van der Waals surface area contributed by atoms with Crippen LogP contribution in [0.4, 0.5) is 11.5 Å². The lowest BCUT2D eigenvalue weighted by atomic mass is 10.1. The van der Waals surface area contributed by atoms with Gasteiger partial charge in [0.15, 0.2) is 5.16 Å². The van der Waals surface area contributed by atoms with E-state index in [4.69, 9.17) is 11.6 Å². The van der Waals surface area contributed by atoms with Crippen LogP contribution in [0.15, 0.2) is 60.8 Å². The Morgan fingerprint density at radius 1 is 1.16 bits per heavy atom. The number of rotatable bonds is 9. The van der Waals surface area contributed by atoms with E-state index in [1.54, 1.807) is 18.2 Å². The Balaban J connectivity index is 1.57. The molecule has 2 aromatic rings. The van der Waals surface area contributed by atoms with E-state index >= 15 is 0 Å². The summed E-state index contributed by atoms with van der Waals surface area (Å²) < 4.78 is 0. The highest BCUT2D eigenvalue weighted by molar-refractivity contribution is 7.99. The fourth-order valence-electron chi connectivity index (χ4n) is 3.52. The molecule has 1 fully saturated rings. The SMILES string of the molecule is C=CCN(CC=C)c1cc(Cl)nc(SCC(=O)N2CCN(c3ccccc3C)CC2)n1. The van der Waals surface area contributed by atoms with Gasteiger partial charge in [0.1, 0.15) is 11.0 Å². The molecule has 164 valence electrons. The van der Waals surface area contributed by atoms with Gasteiger partial charge in [-0.3, -0.25) is 4.79 Å². The molecular formula is C23H28ClN5OS. The first kappa shape index (κ1) is 23.2. The highest BCUT2D eigenvalue weighted by Gasteiger charge is 2.22. The van der Waals surface area contributed by atoms with Crippen molar-refractivity contribution < 1.29 is 4.79 Å². The zero-order valence-electron chi connectivity index (χ0n) is 17.8. The number of carbonyl (C=O) groups excluding carboxylic acids is 1. The molecule has 6 nitrogen and oxygen atoms in total. The summed E-state index contributed by atoms with van der Waals surface area (Å²) >= 11 is 7.52. The van der Waals surface area contributed by atoms with Gasteiger partial charge >= 0.3 is 0 Å². The Kier molecular flexibility index (Phi) is 8.37. The number of hydrogen-bond acceptors (Lipinski definition) is 6. The molecule has 3 rings (SSSR count). The molecule has 1 aliphatic rings. The van der Waals surface area contributed by atoms with Crippen molar-refractivity contribution in [3.63, 3.8) is 0 Å². The Morgan fingerprint density at radius 3 is 2.48 bits per heavy atom. The topological polar surface area (TPSA) is 52.6 Å². The van der Waals surface area contributed by atoms with Crippen molar-refractivity contribution >= 4 is 40.8 Å². The molecule has 0 aliphatic carbocycles. The predicted molar refractivity (Wildman–Crippen MR) is 130 cm³/mol. The second-order valence-corrected chi connectivity index (χ2v) is 8.59. The van der Waals surface area contributed by atoms with E-state index in [1.807, 2.05) is 15.9 Å². The van der Waals surface area contributed by atoms with Gasteiger partial charge in [-0.2, -0.15) is 0 Å². The minimum Gasteiger partial charge on any atom is -0.368 e. The van der Waals surface area contributed by atoms with Crippen LogP contribution in [0.5, 0.6) is 0 Å². The van der Waals surface area contributed by atoms with Gasteiger partial charge in [0.25, 0.3) is 0 Å². The molecule has 0 N–H and O–H groups in total. The van der Waals surface area contributed by atoms with E-state index in [0.717, 1.165) is 13.1 Å². The number of aromatic nitrogens is 2. The van der Waals surface area contributed by atoms with Gasteiger partial charge in [-0.1, -0.05) is 53.7 Å². The fraction of sp³-hybridized carbons (Fsp3) is 0.348. The number of piperazine rings is 1. The third kappa shape index (κ3) is 6.24. The number of halogens is 1. The standard InChI is InChI=1S/C23H28ClN5OS/c1-4-10-28(11-5-2)21-16-20(24)25-23(26-21)31-17-22(30)29-14-12-27(13-15-29)19-9-7-6-8-18(19)3/h4-9,16H,1-2,10-15,17H2,3H3. The van der Waals surface area contributed by atoms with Crippen LogP contribution in [0.3, 0.4) is 0 Å². The van der Waals surface area contributed by atoms with E-state index < -0.39 is 0 Å². The van der Waals surface area contributed by atoms with Crippen molar-refractivity contribution in [2.75, 3.05) is 54.8 Å². The van der Waals surface area contributed by atoms with Crippen LogP contribution in [0.2, 0.25) is 5.15 Å². The maximum Gasteiger partial charge on any atom is 0.233 e. The zero-order valence-corrected chi connectivity index (χ0v) is 19.4. The van der Waals surface area contributed by atoms with Crippen molar-refractivity contribution in [1.29, 1.82) is 0 Å². The molecule has 1 aromatic carbocycles. The summed E-state index contributed by atoms with van der Waals surface area (Å²) in [4.78, 5) is 27.8. The van der Waals surface area contributed by atoms with Gasteiger partial charge in [0.05, 0.1) is 5.75 Å². The fourth-order valence-corrected chi connectivity index (χ4v) is 4.50. The Bertz CT molecular complexity index is 920. The lowest BCUT2D eigenvalue weighted by molar-refractivity contribution is -0.128. The van der Waals surface area contributed by atoms with Gasteiger partial charge in [-0.15, -0.1) is 13.2 Å². The predicted octanol–water partition coefficient (Wildman–Crippen LogP) is 4.06. The molecule has 1 aliphatic heterocycles. The Labute approximate surface area is 193 Å². The Hall–Kier alpha value is -2.51. The van der Waals surface area contributed by atoms with Gasteiger partial charge in [0.2, 0.25) is 5.91 Å². The van der Waals surface area contributed by atoms with E-state index in [-0.39, 0.29) is 11.7 Å². The molecule has 2 heterocycles. The largest absolute Gasteiger partial charge is 0.368 e. The molecule has 0 radical (unpaired) electrons. The monoisotopic (exact) mass is 457 g/mol. The molecule has 1 amide bonds.